The lowest BCUT2D eigenvalue weighted by Gasteiger charge is -2.13. The van der Waals surface area contributed by atoms with Crippen molar-refractivity contribution in [3.63, 3.8) is 0 Å². The van der Waals surface area contributed by atoms with Crippen LogP contribution < -0.4 is 10.2 Å². The SMILES string of the molecule is CCOC(=O)c1c(C)n(CC(=O)Nn2c(C)ccc2C)c2ccc(OC)cc12. The molecule has 148 valence electrons. The van der Waals surface area contributed by atoms with E-state index in [1.165, 1.54) is 0 Å². The van der Waals surface area contributed by atoms with Crippen molar-refractivity contribution in [1.29, 1.82) is 0 Å². The molecule has 7 nitrogen and oxygen atoms in total. The van der Waals surface area contributed by atoms with Gasteiger partial charge < -0.3 is 14.0 Å². The summed E-state index contributed by atoms with van der Waals surface area (Å²) in [5.41, 5.74) is 6.69. The highest BCUT2D eigenvalue weighted by Crippen LogP contribution is 2.30. The Kier molecular flexibility index (Phi) is 5.44. The molecule has 0 fully saturated rings. The molecule has 3 rings (SSSR count). The summed E-state index contributed by atoms with van der Waals surface area (Å²) in [6.07, 6.45) is 0. The first-order valence-corrected chi connectivity index (χ1v) is 9.16. The van der Waals surface area contributed by atoms with Gasteiger partial charge in [0.15, 0.2) is 0 Å². The molecular weight excluding hydrogens is 358 g/mol. The first-order valence-electron chi connectivity index (χ1n) is 9.16. The molecule has 2 heterocycles. The second-order valence-electron chi connectivity index (χ2n) is 6.64. The summed E-state index contributed by atoms with van der Waals surface area (Å²) < 4.78 is 14.1. The predicted octanol–water partition coefficient (Wildman–Crippen LogP) is 3.32. The Balaban J connectivity index is 2.01. The molecule has 0 saturated carbocycles. The van der Waals surface area contributed by atoms with Crippen molar-refractivity contribution < 1.29 is 19.1 Å². The molecule has 3 aromatic rings. The number of amides is 1. The summed E-state index contributed by atoms with van der Waals surface area (Å²) in [6, 6.07) is 9.34. The van der Waals surface area contributed by atoms with Gasteiger partial charge >= 0.3 is 5.97 Å². The van der Waals surface area contributed by atoms with Crippen LogP contribution in [0.1, 0.15) is 34.4 Å². The third-order valence-corrected chi connectivity index (χ3v) is 4.82. The van der Waals surface area contributed by atoms with Crippen LogP contribution in [0, 0.1) is 20.8 Å². The van der Waals surface area contributed by atoms with Crippen LogP contribution in [0.2, 0.25) is 0 Å². The number of rotatable bonds is 6. The Morgan fingerprint density at radius 2 is 1.75 bits per heavy atom. The maximum atomic E-state index is 12.7. The molecule has 1 N–H and O–H groups in total. The molecule has 0 unspecified atom stereocenters. The van der Waals surface area contributed by atoms with Gasteiger partial charge in [0.2, 0.25) is 0 Å². The molecule has 1 aromatic carbocycles. The van der Waals surface area contributed by atoms with Gasteiger partial charge in [-0.3, -0.25) is 14.9 Å². The maximum Gasteiger partial charge on any atom is 0.340 e. The molecule has 0 aliphatic rings. The van der Waals surface area contributed by atoms with Crippen LogP contribution in [-0.2, 0) is 16.1 Å². The fourth-order valence-corrected chi connectivity index (χ4v) is 3.40. The van der Waals surface area contributed by atoms with Crippen LogP contribution in [0.5, 0.6) is 5.75 Å². The van der Waals surface area contributed by atoms with Crippen molar-refractivity contribution in [3.05, 3.63) is 53.0 Å². The molecule has 1 amide bonds. The number of aromatic nitrogens is 2. The van der Waals surface area contributed by atoms with E-state index in [1.54, 1.807) is 24.8 Å². The van der Waals surface area contributed by atoms with Gasteiger partial charge in [0, 0.05) is 28.0 Å². The van der Waals surface area contributed by atoms with Gasteiger partial charge in [-0.2, -0.15) is 0 Å². The predicted molar refractivity (Wildman–Crippen MR) is 107 cm³/mol. The van der Waals surface area contributed by atoms with E-state index in [2.05, 4.69) is 5.43 Å². The third kappa shape index (κ3) is 3.47. The average molecular weight is 383 g/mol. The fraction of sp³-hybridized carbons (Fsp3) is 0.333. The summed E-state index contributed by atoms with van der Waals surface area (Å²) in [7, 11) is 1.57. The topological polar surface area (TPSA) is 74.5 Å². The molecule has 0 spiro atoms. The average Bonchev–Trinajstić information content (AvgIpc) is 3.12. The summed E-state index contributed by atoms with van der Waals surface area (Å²) in [5, 5.41) is 0.705. The highest BCUT2D eigenvalue weighted by molar-refractivity contribution is 6.06. The quantitative estimate of drug-likeness (QED) is 0.663. The number of esters is 1. The maximum absolute atomic E-state index is 12.7. The molecule has 0 atom stereocenters. The van der Waals surface area contributed by atoms with Crippen LogP contribution in [0.15, 0.2) is 30.3 Å². The van der Waals surface area contributed by atoms with Crippen molar-refractivity contribution in [1.82, 2.24) is 9.24 Å². The summed E-state index contributed by atoms with van der Waals surface area (Å²) in [5.74, 6) is 0.0429. The molecule has 7 heteroatoms. The minimum absolute atomic E-state index is 0.0745. The lowest BCUT2D eigenvalue weighted by Crippen LogP contribution is -2.28. The van der Waals surface area contributed by atoms with Gasteiger partial charge in [-0.05, 0) is 58.0 Å². The van der Waals surface area contributed by atoms with E-state index in [9.17, 15) is 9.59 Å². The number of methoxy groups -OCH3 is 1. The zero-order valence-electron chi connectivity index (χ0n) is 16.8. The summed E-state index contributed by atoms with van der Waals surface area (Å²) in [4.78, 5) is 25.3. The number of hydrogen-bond acceptors (Lipinski definition) is 4. The standard InChI is InChI=1S/C21H25N3O4/c1-6-28-21(26)20-15(4)23(18-10-9-16(27-5)11-17(18)20)12-19(25)22-24-13(2)7-8-14(24)3/h7-11H,6,12H2,1-5H3,(H,22,25). The lowest BCUT2D eigenvalue weighted by atomic mass is 10.1. The van der Waals surface area contributed by atoms with E-state index in [0.717, 1.165) is 16.9 Å². The monoisotopic (exact) mass is 383 g/mol. The first-order chi connectivity index (χ1) is 13.4. The zero-order chi connectivity index (χ0) is 20.4. The second kappa shape index (κ2) is 7.80. The van der Waals surface area contributed by atoms with Crippen LogP contribution in [-0.4, -0.2) is 34.8 Å². The van der Waals surface area contributed by atoms with Gasteiger partial charge in [-0.25, -0.2) is 4.79 Å². The molecule has 2 aromatic heterocycles. The van der Waals surface area contributed by atoms with Crippen LogP contribution >= 0.6 is 0 Å². The van der Waals surface area contributed by atoms with Crippen LogP contribution in [0.4, 0.5) is 0 Å². The number of nitrogens with one attached hydrogen (secondary N) is 1. The molecule has 28 heavy (non-hydrogen) atoms. The molecule has 0 saturated heterocycles. The van der Waals surface area contributed by atoms with Gasteiger partial charge in [0.25, 0.3) is 5.91 Å². The smallest absolute Gasteiger partial charge is 0.340 e. The van der Waals surface area contributed by atoms with E-state index in [4.69, 9.17) is 9.47 Å². The Morgan fingerprint density at radius 3 is 2.36 bits per heavy atom. The van der Waals surface area contributed by atoms with Crippen molar-refractivity contribution in [2.24, 2.45) is 0 Å². The molecule has 0 radical (unpaired) electrons. The zero-order valence-corrected chi connectivity index (χ0v) is 16.8. The second-order valence-corrected chi connectivity index (χ2v) is 6.64. The van der Waals surface area contributed by atoms with Gasteiger partial charge in [-0.1, -0.05) is 0 Å². The number of fused-ring (bicyclic) bond motifs is 1. The number of benzene rings is 1. The van der Waals surface area contributed by atoms with Gasteiger partial charge in [0.1, 0.15) is 12.3 Å². The normalized spacial score (nSPS) is 10.9. The summed E-state index contributed by atoms with van der Waals surface area (Å²) >= 11 is 0. The molecule has 0 aliphatic heterocycles. The number of carbonyl (C=O) groups excluding carboxylic acids is 2. The number of aryl methyl sites for hydroxylation is 2. The van der Waals surface area contributed by atoms with E-state index in [0.29, 0.717) is 22.4 Å². The van der Waals surface area contributed by atoms with Gasteiger partial charge in [0.05, 0.1) is 19.3 Å². The van der Waals surface area contributed by atoms with Crippen molar-refractivity contribution >= 4 is 22.8 Å². The highest BCUT2D eigenvalue weighted by Gasteiger charge is 2.23. The molecular formula is C21H25N3O4. The first kappa shape index (κ1) is 19.5. The van der Waals surface area contributed by atoms with Crippen molar-refractivity contribution in [3.8, 4) is 5.75 Å². The van der Waals surface area contributed by atoms with E-state index >= 15 is 0 Å². The number of ether oxygens (including phenoxy) is 2. The van der Waals surface area contributed by atoms with Gasteiger partial charge in [-0.15, -0.1) is 0 Å². The number of carbonyl (C=O) groups is 2. The van der Waals surface area contributed by atoms with E-state index in [-0.39, 0.29) is 19.1 Å². The Bertz CT molecular complexity index is 1030. The van der Waals surface area contributed by atoms with Crippen molar-refractivity contribution in [2.45, 2.75) is 34.2 Å². The Hall–Kier alpha value is -3.22. The van der Waals surface area contributed by atoms with Crippen LogP contribution in [0.25, 0.3) is 10.9 Å². The van der Waals surface area contributed by atoms with E-state index < -0.39 is 5.97 Å². The van der Waals surface area contributed by atoms with Crippen molar-refractivity contribution in [2.75, 3.05) is 19.1 Å². The Morgan fingerprint density at radius 1 is 1.07 bits per heavy atom. The lowest BCUT2D eigenvalue weighted by molar-refractivity contribution is -0.117. The number of hydrogen-bond donors (Lipinski definition) is 1. The largest absolute Gasteiger partial charge is 0.497 e. The van der Waals surface area contributed by atoms with Crippen LogP contribution in [0.3, 0.4) is 0 Å². The molecule has 0 bridgehead atoms. The summed E-state index contributed by atoms with van der Waals surface area (Å²) in [6.45, 7) is 7.79. The fourth-order valence-electron chi connectivity index (χ4n) is 3.40. The minimum atomic E-state index is -0.408. The van der Waals surface area contributed by atoms with E-state index in [1.807, 2.05) is 49.6 Å². The third-order valence-electron chi connectivity index (χ3n) is 4.82. The number of nitrogens with zero attached hydrogens (tertiary/aromatic N) is 2. The molecule has 0 aliphatic carbocycles. The minimum Gasteiger partial charge on any atom is -0.497 e. The highest BCUT2D eigenvalue weighted by atomic mass is 16.5. The Labute approximate surface area is 163 Å².